The summed E-state index contributed by atoms with van der Waals surface area (Å²) in [6.07, 6.45) is 0.467. The number of ketones is 3. The fourth-order valence-corrected chi connectivity index (χ4v) is 4.40. The van der Waals surface area contributed by atoms with E-state index in [1.807, 2.05) is 19.0 Å². The zero-order chi connectivity index (χ0) is 28.0. The van der Waals surface area contributed by atoms with Crippen LogP contribution in [-0.2, 0) is 4.79 Å². The molecule has 0 saturated heterocycles. The predicted octanol–water partition coefficient (Wildman–Crippen LogP) is 6.40. The molecule has 1 aliphatic carbocycles. The third kappa shape index (κ3) is 6.88. The number of carbonyl (C=O) groups is 4. The van der Waals surface area contributed by atoms with Gasteiger partial charge >= 0.3 is 0 Å². The Labute approximate surface area is 236 Å². The van der Waals surface area contributed by atoms with Crippen molar-refractivity contribution in [2.45, 2.75) is 13.3 Å². The van der Waals surface area contributed by atoms with E-state index in [2.05, 4.69) is 5.32 Å². The smallest absolute Gasteiger partial charge is 0.228 e. The number of carbonyl (C=O) groups excluding carboxylic acids is 4. The van der Waals surface area contributed by atoms with Crippen molar-refractivity contribution in [1.82, 2.24) is 4.90 Å². The van der Waals surface area contributed by atoms with E-state index < -0.39 is 5.92 Å². The van der Waals surface area contributed by atoms with Crippen LogP contribution in [0, 0.1) is 5.92 Å². The SMILES string of the molecule is CC(CCl)C(=O)Nc1cccc2c1C(=O)c1ccccc1C2=O.CN(C)CCC(=O)c1ccc(Cl)cc1Cl. The highest BCUT2D eigenvalue weighted by Gasteiger charge is 2.31. The summed E-state index contributed by atoms with van der Waals surface area (Å²) in [5.41, 5.74) is 2.19. The van der Waals surface area contributed by atoms with Gasteiger partial charge in [-0.05, 0) is 38.4 Å². The van der Waals surface area contributed by atoms with Gasteiger partial charge in [0.05, 0.1) is 16.3 Å². The number of alkyl halides is 1. The molecule has 198 valence electrons. The standard InChI is InChI=1S/C18H14ClNO3.C11H13Cl2NO/c1-10(9-19)18(23)20-14-8-4-7-13-15(14)17(22)12-6-3-2-5-11(12)16(13)21;1-14(2)6-5-11(15)9-4-3-8(12)7-10(9)13/h2-8,10H,9H2,1H3,(H,20,23);3-4,7H,5-6H2,1-2H3. The number of nitrogens with zero attached hydrogens (tertiary/aromatic N) is 1. The van der Waals surface area contributed by atoms with Crippen LogP contribution in [-0.4, -0.2) is 54.7 Å². The molecule has 0 spiro atoms. The van der Waals surface area contributed by atoms with Crippen molar-refractivity contribution in [2.24, 2.45) is 5.92 Å². The van der Waals surface area contributed by atoms with Crippen molar-refractivity contribution in [3.8, 4) is 0 Å². The van der Waals surface area contributed by atoms with E-state index in [0.717, 1.165) is 6.54 Å². The molecule has 4 rings (SSSR count). The Morgan fingerprint density at radius 1 is 0.895 bits per heavy atom. The molecule has 0 radical (unpaired) electrons. The fraction of sp³-hybridized carbons (Fsp3) is 0.241. The average molecular weight is 574 g/mol. The monoisotopic (exact) mass is 572 g/mol. The van der Waals surface area contributed by atoms with Crippen LogP contribution in [0.4, 0.5) is 5.69 Å². The third-order valence-electron chi connectivity index (χ3n) is 5.91. The van der Waals surface area contributed by atoms with E-state index in [1.165, 1.54) is 0 Å². The quantitative estimate of drug-likeness (QED) is 0.204. The van der Waals surface area contributed by atoms with Crippen molar-refractivity contribution >= 4 is 63.7 Å². The van der Waals surface area contributed by atoms with Crippen LogP contribution in [0.1, 0.15) is 55.5 Å². The van der Waals surface area contributed by atoms with Crippen molar-refractivity contribution in [2.75, 3.05) is 31.8 Å². The Balaban J connectivity index is 0.000000232. The summed E-state index contributed by atoms with van der Waals surface area (Å²) in [4.78, 5) is 51.1. The second-order valence-corrected chi connectivity index (χ2v) is 10.2. The fourth-order valence-electron chi connectivity index (χ4n) is 3.75. The molecular weight excluding hydrogens is 547 g/mol. The number of hydrogen-bond acceptors (Lipinski definition) is 5. The summed E-state index contributed by atoms with van der Waals surface area (Å²) < 4.78 is 0. The topological polar surface area (TPSA) is 83.6 Å². The first-order chi connectivity index (χ1) is 18.0. The van der Waals surface area contributed by atoms with Crippen molar-refractivity contribution in [3.63, 3.8) is 0 Å². The minimum absolute atomic E-state index is 0.0466. The maximum Gasteiger partial charge on any atom is 0.228 e. The molecule has 0 bridgehead atoms. The lowest BCUT2D eigenvalue weighted by atomic mass is 9.83. The Morgan fingerprint density at radius 2 is 1.53 bits per heavy atom. The van der Waals surface area contributed by atoms with E-state index in [0.29, 0.717) is 44.4 Å². The van der Waals surface area contributed by atoms with Crippen LogP contribution in [0.5, 0.6) is 0 Å². The maximum absolute atomic E-state index is 12.8. The Morgan fingerprint density at radius 3 is 2.13 bits per heavy atom. The second kappa shape index (κ2) is 13.2. The summed E-state index contributed by atoms with van der Waals surface area (Å²) in [5, 5.41) is 3.67. The van der Waals surface area contributed by atoms with Gasteiger partial charge in [0.2, 0.25) is 5.91 Å². The predicted molar refractivity (Wildman–Crippen MR) is 152 cm³/mol. The summed E-state index contributed by atoms with van der Waals surface area (Å²) in [6, 6.07) is 16.5. The number of fused-ring (bicyclic) bond motifs is 2. The van der Waals surface area contributed by atoms with E-state index >= 15 is 0 Å². The minimum Gasteiger partial charge on any atom is -0.325 e. The Hall–Kier alpha value is -3.03. The van der Waals surface area contributed by atoms with Gasteiger partial charge in [0, 0.05) is 52.0 Å². The van der Waals surface area contributed by atoms with Crippen LogP contribution < -0.4 is 5.32 Å². The number of benzene rings is 3. The molecule has 3 aromatic carbocycles. The molecule has 6 nitrogen and oxygen atoms in total. The molecule has 1 N–H and O–H groups in total. The van der Waals surface area contributed by atoms with Gasteiger partial charge in [0.25, 0.3) is 0 Å². The molecule has 38 heavy (non-hydrogen) atoms. The lowest BCUT2D eigenvalue weighted by Gasteiger charge is -2.20. The molecule has 1 unspecified atom stereocenters. The highest BCUT2D eigenvalue weighted by atomic mass is 35.5. The van der Waals surface area contributed by atoms with Gasteiger partial charge in [-0.25, -0.2) is 0 Å². The summed E-state index contributed by atoms with van der Waals surface area (Å²) in [5.74, 6) is -0.926. The van der Waals surface area contributed by atoms with Gasteiger partial charge in [-0.1, -0.05) is 66.5 Å². The van der Waals surface area contributed by atoms with Gasteiger partial charge in [-0.15, -0.1) is 11.6 Å². The highest BCUT2D eigenvalue weighted by molar-refractivity contribution is 6.36. The van der Waals surface area contributed by atoms with Gasteiger partial charge in [-0.2, -0.15) is 0 Å². The molecule has 1 amide bonds. The van der Waals surface area contributed by atoms with Gasteiger partial charge in [-0.3, -0.25) is 19.2 Å². The molecule has 1 aliphatic rings. The van der Waals surface area contributed by atoms with Crippen molar-refractivity contribution in [3.05, 3.63) is 98.5 Å². The summed E-state index contributed by atoms with van der Waals surface area (Å²) in [7, 11) is 3.85. The van der Waals surface area contributed by atoms with E-state index in [-0.39, 0.29) is 34.7 Å². The molecule has 0 aliphatic heterocycles. The zero-order valence-corrected chi connectivity index (χ0v) is 23.5. The average Bonchev–Trinajstić information content (AvgIpc) is 2.90. The van der Waals surface area contributed by atoms with Gasteiger partial charge in [0.15, 0.2) is 17.3 Å². The molecule has 0 heterocycles. The molecule has 1 atom stereocenters. The van der Waals surface area contributed by atoms with E-state index in [9.17, 15) is 19.2 Å². The number of rotatable bonds is 7. The number of amides is 1. The summed E-state index contributed by atoms with van der Waals surface area (Å²) in [6.45, 7) is 2.41. The van der Waals surface area contributed by atoms with Gasteiger partial charge < -0.3 is 10.2 Å². The number of hydrogen-bond donors (Lipinski definition) is 1. The highest BCUT2D eigenvalue weighted by Crippen LogP contribution is 2.32. The lowest BCUT2D eigenvalue weighted by molar-refractivity contribution is -0.118. The van der Waals surface area contributed by atoms with Crippen LogP contribution in [0.3, 0.4) is 0 Å². The third-order valence-corrected chi connectivity index (χ3v) is 6.92. The van der Waals surface area contributed by atoms with Crippen molar-refractivity contribution < 1.29 is 19.2 Å². The van der Waals surface area contributed by atoms with Crippen molar-refractivity contribution in [1.29, 1.82) is 0 Å². The number of anilines is 1. The Bertz CT molecular complexity index is 1390. The van der Waals surface area contributed by atoms with Crippen LogP contribution >= 0.6 is 34.8 Å². The van der Waals surface area contributed by atoms with Crippen LogP contribution in [0.25, 0.3) is 0 Å². The molecular formula is C29H27Cl3N2O4. The maximum atomic E-state index is 12.8. The number of Topliss-reactive ketones (excluding diaryl/α,β-unsaturated/α-hetero) is 1. The summed E-state index contributed by atoms with van der Waals surface area (Å²) >= 11 is 17.4. The largest absolute Gasteiger partial charge is 0.325 e. The zero-order valence-electron chi connectivity index (χ0n) is 21.2. The van der Waals surface area contributed by atoms with Gasteiger partial charge in [0.1, 0.15) is 0 Å². The molecule has 0 fully saturated rings. The molecule has 3 aromatic rings. The first kappa shape index (κ1) is 29.5. The second-order valence-electron chi connectivity index (χ2n) is 9.08. The van der Waals surface area contributed by atoms with Crippen LogP contribution in [0.2, 0.25) is 10.0 Å². The van der Waals surface area contributed by atoms with Crippen LogP contribution in [0.15, 0.2) is 60.7 Å². The molecule has 0 aromatic heterocycles. The first-order valence-corrected chi connectivity index (χ1v) is 13.2. The molecule has 0 saturated carbocycles. The molecule has 9 heteroatoms. The first-order valence-electron chi connectivity index (χ1n) is 11.9. The minimum atomic E-state index is -0.394. The number of nitrogens with one attached hydrogen (secondary N) is 1. The number of halogens is 3. The normalized spacial score (nSPS) is 12.7. The van der Waals surface area contributed by atoms with E-state index in [1.54, 1.807) is 67.6 Å². The lowest BCUT2D eigenvalue weighted by Crippen LogP contribution is -2.26. The van der Waals surface area contributed by atoms with E-state index in [4.69, 9.17) is 34.8 Å². The Kier molecular flexibility index (Phi) is 10.2.